The molecule has 108 valence electrons. The quantitative estimate of drug-likeness (QED) is 0.639. The number of hydrogen-bond donors (Lipinski definition) is 0. The molecule has 4 nitrogen and oxygen atoms in total. The van der Waals surface area contributed by atoms with Gasteiger partial charge in [-0.3, -0.25) is 4.79 Å². The zero-order valence-corrected chi connectivity index (χ0v) is 11.8. The number of esters is 1. The maximum absolute atomic E-state index is 12.3. The molecule has 0 saturated carbocycles. The standard InChI is InChI=1S/C17H16O4/c1-11(21-17(19)15-6-3-9-20-15)16(18)14-8-7-12-4-2-5-13(12)10-14/h3,6-11H,2,4-5H2,1H3. The Bertz CT molecular complexity index is 670. The van der Waals surface area contributed by atoms with E-state index in [2.05, 4.69) is 0 Å². The maximum Gasteiger partial charge on any atom is 0.374 e. The summed E-state index contributed by atoms with van der Waals surface area (Å²) in [7, 11) is 0. The van der Waals surface area contributed by atoms with Crippen molar-refractivity contribution in [2.24, 2.45) is 0 Å². The molecule has 1 heterocycles. The van der Waals surface area contributed by atoms with Crippen molar-refractivity contribution in [3.63, 3.8) is 0 Å². The highest BCUT2D eigenvalue weighted by atomic mass is 16.6. The molecule has 2 aromatic rings. The highest BCUT2D eigenvalue weighted by Crippen LogP contribution is 2.23. The monoisotopic (exact) mass is 284 g/mol. The summed E-state index contributed by atoms with van der Waals surface area (Å²) in [5.74, 6) is -0.713. The Morgan fingerprint density at radius 1 is 1.19 bits per heavy atom. The predicted octanol–water partition coefficient (Wildman–Crippen LogP) is 3.20. The molecule has 3 rings (SSSR count). The molecule has 0 radical (unpaired) electrons. The van der Waals surface area contributed by atoms with Gasteiger partial charge in [-0.25, -0.2) is 4.79 Å². The number of hydrogen-bond acceptors (Lipinski definition) is 4. The number of ketones is 1. The first-order valence-corrected chi connectivity index (χ1v) is 7.05. The average Bonchev–Trinajstić information content (AvgIpc) is 3.16. The van der Waals surface area contributed by atoms with Gasteiger partial charge in [0.1, 0.15) is 0 Å². The molecule has 1 aromatic carbocycles. The molecule has 0 amide bonds. The lowest BCUT2D eigenvalue weighted by Gasteiger charge is -2.12. The molecule has 4 heteroatoms. The van der Waals surface area contributed by atoms with Gasteiger partial charge in [0.25, 0.3) is 0 Å². The van der Waals surface area contributed by atoms with Crippen LogP contribution in [-0.2, 0) is 17.6 Å². The van der Waals surface area contributed by atoms with Crippen molar-refractivity contribution in [2.75, 3.05) is 0 Å². The normalized spacial score (nSPS) is 14.5. The fourth-order valence-electron chi connectivity index (χ4n) is 2.63. The number of carbonyl (C=O) groups is 2. The minimum absolute atomic E-state index is 0.101. The van der Waals surface area contributed by atoms with Crippen LogP contribution in [0.15, 0.2) is 41.0 Å². The molecule has 0 spiro atoms. The van der Waals surface area contributed by atoms with Gasteiger partial charge in [0, 0.05) is 5.56 Å². The fourth-order valence-corrected chi connectivity index (χ4v) is 2.63. The van der Waals surface area contributed by atoms with Crippen LogP contribution in [0, 0.1) is 0 Å². The number of furan rings is 1. The summed E-state index contributed by atoms with van der Waals surface area (Å²) < 4.78 is 10.1. The number of aryl methyl sites for hydroxylation is 2. The Morgan fingerprint density at radius 3 is 2.76 bits per heavy atom. The Morgan fingerprint density at radius 2 is 2.00 bits per heavy atom. The van der Waals surface area contributed by atoms with Gasteiger partial charge in [-0.05, 0) is 55.5 Å². The van der Waals surface area contributed by atoms with Gasteiger partial charge in [0.15, 0.2) is 6.10 Å². The molecule has 21 heavy (non-hydrogen) atoms. The van der Waals surface area contributed by atoms with Crippen molar-refractivity contribution in [3.8, 4) is 0 Å². The number of fused-ring (bicyclic) bond motifs is 1. The average molecular weight is 284 g/mol. The third kappa shape index (κ3) is 2.75. The van der Waals surface area contributed by atoms with Crippen LogP contribution in [-0.4, -0.2) is 17.9 Å². The van der Waals surface area contributed by atoms with E-state index in [0.717, 1.165) is 19.3 Å². The summed E-state index contributed by atoms with van der Waals surface area (Å²) in [5.41, 5.74) is 3.13. The third-order valence-corrected chi connectivity index (χ3v) is 3.76. The van der Waals surface area contributed by atoms with Crippen molar-refractivity contribution in [1.82, 2.24) is 0 Å². The highest BCUT2D eigenvalue weighted by Gasteiger charge is 2.23. The van der Waals surface area contributed by atoms with Gasteiger partial charge in [0.05, 0.1) is 6.26 Å². The molecule has 1 aliphatic carbocycles. The van der Waals surface area contributed by atoms with E-state index in [-0.39, 0.29) is 11.5 Å². The minimum atomic E-state index is -0.831. The largest absolute Gasteiger partial charge is 0.457 e. The first kappa shape index (κ1) is 13.6. The van der Waals surface area contributed by atoms with Crippen molar-refractivity contribution in [2.45, 2.75) is 32.3 Å². The van der Waals surface area contributed by atoms with E-state index >= 15 is 0 Å². The van der Waals surface area contributed by atoms with Crippen molar-refractivity contribution in [1.29, 1.82) is 0 Å². The van der Waals surface area contributed by atoms with Crippen molar-refractivity contribution >= 4 is 11.8 Å². The van der Waals surface area contributed by atoms with Gasteiger partial charge in [-0.2, -0.15) is 0 Å². The highest BCUT2D eigenvalue weighted by molar-refractivity contribution is 6.01. The molecule has 1 aliphatic rings. The Hall–Kier alpha value is -2.36. The van der Waals surface area contributed by atoms with Gasteiger partial charge in [0.2, 0.25) is 11.5 Å². The molecule has 0 fully saturated rings. The molecular weight excluding hydrogens is 268 g/mol. The van der Waals surface area contributed by atoms with Crippen LogP contribution < -0.4 is 0 Å². The SMILES string of the molecule is CC(OC(=O)c1ccco1)C(=O)c1ccc2c(c1)CCC2. The number of rotatable bonds is 4. The lowest BCUT2D eigenvalue weighted by Crippen LogP contribution is -2.24. The number of ether oxygens (including phenoxy) is 1. The van der Waals surface area contributed by atoms with E-state index in [4.69, 9.17) is 9.15 Å². The Balaban J connectivity index is 1.71. The van der Waals surface area contributed by atoms with Crippen molar-refractivity contribution in [3.05, 3.63) is 59.0 Å². The summed E-state index contributed by atoms with van der Waals surface area (Å²) in [4.78, 5) is 24.1. The van der Waals surface area contributed by atoms with Gasteiger partial charge >= 0.3 is 5.97 Å². The fraction of sp³-hybridized carbons (Fsp3) is 0.294. The third-order valence-electron chi connectivity index (χ3n) is 3.76. The van der Waals surface area contributed by atoms with E-state index < -0.39 is 12.1 Å². The molecular formula is C17H16O4. The topological polar surface area (TPSA) is 56.5 Å². The number of benzene rings is 1. The minimum Gasteiger partial charge on any atom is -0.457 e. The second kappa shape index (κ2) is 5.56. The summed E-state index contributed by atoms with van der Waals surface area (Å²) in [6, 6.07) is 8.83. The van der Waals surface area contributed by atoms with E-state index in [1.807, 2.05) is 18.2 Å². The van der Waals surface area contributed by atoms with Crippen LogP contribution in [0.5, 0.6) is 0 Å². The summed E-state index contributed by atoms with van der Waals surface area (Å²) in [5, 5.41) is 0. The Labute approximate surface area is 122 Å². The zero-order valence-electron chi connectivity index (χ0n) is 11.8. The van der Waals surface area contributed by atoms with Gasteiger partial charge < -0.3 is 9.15 Å². The van der Waals surface area contributed by atoms with Gasteiger partial charge in [-0.15, -0.1) is 0 Å². The first-order chi connectivity index (χ1) is 10.1. The molecule has 0 bridgehead atoms. The lowest BCUT2D eigenvalue weighted by atomic mass is 10.0. The Kier molecular flexibility index (Phi) is 3.60. The molecule has 1 atom stereocenters. The predicted molar refractivity (Wildman–Crippen MR) is 76.4 cm³/mol. The molecule has 0 saturated heterocycles. The van der Waals surface area contributed by atoms with E-state index in [0.29, 0.717) is 5.56 Å². The zero-order chi connectivity index (χ0) is 14.8. The van der Waals surface area contributed by atoms with E-state index in [1.165, 1.54) is 23.5 Å². The van der Waals surface area contributed by atoms with E-state index in [9.17, 15) is 9.59 Å². The smallest absolute Gasteiger partial charge is 0.374 e. The summed E-state index contributed by atoms with van der Waals surface area (Å²) in [6.07, 6.45) is 3.78. The van der Waals surface area contributed by atoms with Crippen LogP contribution in [0.1, 0.15) is 45.4 Å². The maximum atomic E-state index is 12.3. The van der Waals surface area contributed by atoms with E-state index in [1.54, 1.807) is 13.0 Å². The van der Waals surface area contributed by atoms with Crippen LogP contribution in [0.3, 0.4) is 0 Å². The second-order valence-electron chi connectivity index (χ2n) is 5.23. The van der Waals surface area contributed by atoms with Crippen LogP contribution in [0.4, 0.5) is 0 Å². The van der Waals surface area contributed by atoms with Crippen molar-refractivity contribution < 1.29 is 18.7 Å². The van der Waals surface area contributed by atoms with Crippen LogP contribution in [0.25, 0.3) is 0 Å². The summed E-state index contributed by atoms with van der Waals surface area (Å²) in [6.45, 7) is 1.58. The molecule has 1 unspecified atom stereocenters. The van der Waals surface area contributed by atoms with Crippen LogP contribution >= 0.6 is 0 Å². The molecule has 0 N–H and O–H groups in total. The molecule has 1 aromatic heterocycles. The summed E-state index contributed by atoms with van der Waals surface area (Å²) >= 11 is 0. The second-order valence-corrected chi connectivity index (χ2v) is 5.23. The van der Waals surface area contributed by atoms with Crippen LogP contribution in [0.2, 0.25) is 0 Å². The number of Topliss-reactive ketones (excluding diaryl/α,β-unsaturated/α-hetero) is 1. The first-order valence-electron chi connectivity index (χ1n) is 7.05. The number of carbonyl (C=O) groups excluding carboxylic acids is 2. The lowest BCUT2D eigenvalue weighted by molar-refractivity contribution is 0.0289. The van der Waals surface area contributed by atoms with Gasteiger partial charge in [-0.1, -0.05) is 12.1 Å². The molecule has 0 aliphatic heterocycles.